The van der Waals surface area contributed by atoms with Crippen molar-refractivity contribution in [2.75, 3.05) is 13.2 Å². The fourth-order valence-corrected chi connectivity index (χ4v) is 3.50. The summed E-state index contributed by atoms with van der Waals surface area (Å²) in [7, 11) is 0. The monoisotopic (exact) mass is 316 g/mol. The number of nitrogens with one attached hydrogen (secondary N) is 1. The maximum atomic E-state index is 11.9. The van der Waals surface area contributed by atoms with E-state index >= 15 is 0 Å². The zero-order valence-corrected chi connectivity index (χ0v) is 13.2. The van der Waals surface area contributed by atoms with Crippen molar-refractivity contribution in [3.05, 3.63) is 20.8 Å². The summed E-state index contributed by atoms with van der Waals surface area (Å²) >= 11 is 7.43. The summed E-state index contributed by atoms with van der Waals surface area (Å²) in [6, 6.07) is 0.332. The molecule has 0 spiro atoms. The minimum atomic E-state index is -0.123. The van der Waals surface area contributed by atoms with Gasteiger partial charge in [0.25, 0.3) is 5.91 Å². The van der Waals surface area contributed by atoms with Gasteiger partial charge in [0.2, 0.25) is 0 Å². The van der Waals surface area contributed by atoms with Gasteiger partial charge in [0.1, 0.15) is 4.88 Å². The van der Waals surface area contributed by atoms with Crippen LogP contribution in [0.5, 0.6) is 0 Å². The Labute approximate surface area is 128 Å². The number of amides is 1. The van der Waals surface area contributed by atoms with Gasteiger partial charge in [-0.25, -0.2) is 0 Å². The summed E-state index contributed by atoms with van der Waals surface area (Å²) < 4.78 is 5.75. The Bertz CT molecular complexity index is 456. The Morgan fingerprint density at radius 1 is 1.50 bits per heavy atom. The van der Waals surface area contributed by atoms with Crippen molar-refractivity contribution >= 4 is 28.8 Å². The normalized spacial score (nSPS) is 22.8. The summed E-state index contributed by atoms with van der Waals surface area (Å²) in [4.78, 5) is 12.5. The number of rotatable bonds is 5. The van der Waals surface area contributed by atoms with E-state index in [2.05, 4.69) is 5.32 Å². The van der Waals surface area contributed by atoms with Crippen LogP contribution < -0.4 is 11.1 Å². The highest BCUT2D eigenvalue weighted by Gasteiger charge is 2.19. The van der Waals surface area contributed by atoms with Gasteiger partial charge < -0.3 is 15.8 Å². The maximum absolute atomic E-state index is 11.9. The molecule has 3 N–H and O–H groups in total. The van der Waals surface area contributed by atoms with Crippen LogP contribution in [0.4, 0.5) is 0 Å². The predicted octanol–water partition coefficient (Wildman–Crippen LogP) is 2.73. The first kappa shape index (κ1) is 15.8. The molecule has 4 nitrogen and oxygen atoms in total. The van der Waals surface area contributed by atoms with Crippen LogP contribution in [0.15, 0.2) is 5.38 Å². The smallest absolute Gasteiger partial charge is 0.262 e. The van der Waals surface area contributed by atoms with Crippen LogP contribution in [0.2, 0.25) is 5.02 Å². The van der Waals surface area contributed by atoms with Crippen LogP contribution in [0.3, 0.4) is 0 Å². The molecular formula is C14H21ClN2O2S. The van der Waals surface area contributed by atoms with Crippen LogP contribution in [-0.4, -0.2) is 31.2 Å². The molecule has 1 heterocycles. The van der Waals surface area contributed by atoms with Gasteiger partial charge in [0, 0.05) is 12.6 Å². The molecule has 0 unspecified atom stereocenters. The maximum Gasteiger partial charge on any atom is 0.262 e. The van der Waals surface area contributed by atoms with E-state index in [-0.39, 0.29) is 5.91 Å². The molecule has 1 amide bonds. The van der Waals surface area contributed by atoms with Gasteiger partial charge in [-0.2, -0.15) is 0 Å². The lowest BCUT2D eigenvalue weighted by Crippen LogP contribution is -2.32. The van der Waals surface area contributed by atoms with Gasteiger partial charge in [-0.05, 0) is 43.6 Å². The van der Waals surface area contributed by atoms with Crippen LogP contribution >= 0.6 is 22.9 Å². The van der Waals surface area contributed by atoms with E-state index in [9.17, 15) is 4.79 Å². The van der Waals surface area contributed by atoms with E-state index in [0.717, 1.165) is 31.2 Å². The number of halogens is 1. The number of thiophene rings is 1. The average Bonchev–Trinajstić information content (AvgIpc) is 2.77. The second-order valence-electron chi connectivity index (χ2n) is 5.23. The van der Waals surface area contributed by atoms with Crippen molar-refractivity contribution in [1.82, 2.24) is 5.32 Å². The van der Waals surface area contributed by atoms with Crippen molar-refractivity contribution in [3.8, 4) is 0 Å². The number of carbonyl (C=O) groups is 1. The van der Waals surface area contributed by atoms with Gasteiger partial charge in [-0.1, -0.05) is 11.6 Å². The highest BCUT2D eigenvalue weighted by Crippen LogP contribution is 2.26. The Hall–Kier alpha value is -0.620. The number of ether oxygens (including phenoxy) is 1. The molecule has 0 aliphatic heterocycles. The number of aryl methyl sites for hydroxylation is 1. The molecule has 112 valence electrons. The average molecular weight is 317 g/mol. The number of carbonyl (C=O) groups excluding carboxylic acids is 1. The van der Waals surface area contributed by atoms with Crippen molar-refractivity contribution in [3.63, 3.8) is 0 Å². The lowest BCUT2D eigenvalue weighted by molar-refractivity contribution is 0.0268. The highest BCUT2D eigenvalue weighted by atomic mass is 35.5. The van der Waals surface area contributed by atoms with Crippen molar-refractivity contribution in [1.29, 1.82) is 0 Å². The molecule has 1 aliphatic rings. The third kappa shape index (κ3) is 4.19. The molecule has 2 rings (SSSR count). The number of hydrogen-bond acceptors (Lipinski definition) is 4. The van der Waals surface area contributed by atoms with E-state index in [1.807, 2.05) is 12.3 Å². The molecule has 1 aromatic heterocycles. The third-order valence-corrected chi connectivity index (χ3v) is 5.26. The van der Waals surface area contributed by atoms with Crippen LogP contribution in [-0.2, 0) is 4.74 Å². The first-order valence-electron chi connectivity index (χ1n) is 6.97. The Morgan fingerprint density at radius 2 is 2.20 bits per heavy atom. The second kappa shape index (κ2) is 7.41. The van der Waals surface area contributed by atoms with E-state index in [1.54, 1.807) is 0 Å². The fourth-order valence-electron chi connectivity index (χ4n) is 2.31. The van der Waals surface area contributed by atoms with Crippen molar-refractivity contribution in [2.45, 2.75) is 44.8 Å². The van der Waals surface area contributed by atoms with Crippen LogP contribution in [0, 0.1) is 6.92 Å². The first-order chi connectivity index (χ1) is 9.58. The minimum absolute atomic E-state index is 0.123. The summed E-state index contributed by atoms with van der Waals surface area (Å²) in [6.45, 7) is 2.94. The molecular weight excluding hydrogens is 296 g/mol. The second-order valence-corrected chi connectivity index (χ2v) is 6.48. The van der Waals surface area contributed by atoms with Gasteiger partial charge >= 0.3 is 0 Å². The summed E-state index contributed by atoms with van der Waals surface area (Å²) in [5.74, 6) is -0.123. The minimum Gasteiger partial charge on any atom is -0.376 e. The van der Waals surface area contributed by atoms with Gasteiger partial charge in [0.15, 0.2) is 0 Å². The standard InChI is InChI=1S/C14H21ClN2O2S/c1-9-8-20-13(12(9)15)14(18)17-6-7-19-11-4-2-10(16)3-5-11/h8,10-11H,2-7,16H2,1H3,(H,17,18). The van der Waals surface area contributed by atoms with E-state index in [4.69, 9.17) is 22.1 Å². The topological polar surface area (TPSA) is 64.3 Å². The van der Waals surface area contributed by atoms with Gasteiger partial charge in [-0.15, -0.1) is 11.3 Å². The van der Waals surface area contributed by atoms with Crippen molar-refractivity contribution < 1.29 is 9.53 Å². The molecule has 0 atom stereocenters. The summed E-state index contributed by atoms with van der Waals surface area (Å²) in [6.07, 6.45) is 4.39. The fraction of sp³-hybridized carbons (Fsp3) is 0.643. The summed E-state index contributed by atoms with van der Waals surface area (Å²) in [5, 5.41) is 5.28. The first-order valence-corrected chi connectivity index (χ1v) is 8.22. The zero-order valence-electron chi connectivity index (χ0n) is 11.7. The van der Waals surface area contributed by atoms with Crippen LogP contribution in [0.1, 0.15) is 40.9 Å². The molecule has 1 aromatic rings. The molecule has 0 bridgehead atoms. The van der Waals surface area contributed by atoms with Gasteiger partial charge in [-0.3, -0.25) is 4.79 Å². The molecule has 1 saturated carbocycles. The molecule has 0 aromatic carbocycles. The lowest BCUT2D eigenvalue weighted by Gasteiger charge is -2.26. The third-order valence-electron chi connectivity index (χ3n) is 3.57. The van der Waals surface area contributed by atoms with E-state index in [1.165, 1.54) is 11.3 Å². The Balaban J connectivity index is 1.66. The van der Waals surface area contributed by atoms with Crippen LogP contribution in [0.25, 0.3) is 0 Å². The predicted molar refractivity (Wildman–Crippen MR) is 82.6 cm³/mol. The number of hydrogen-bond donors (Lipinski definition) is 2. The quantitative estimate of drug-likeness (QED) is 0.821. The largest absolute Gasteiger partial charge is 0.376 e. The Kier molecular flexibility index (Phi) is 5.84. The molecule has 1 aliphatic carbocycles. The molecule has 6 heteroatoms. The van der Waals surface area contributed by atoms with E-state index < -0.39 is 0 Å². The van der Waals surface area contributed by atoms with Gasteiger partial charge in [0.05, 0.1) is 17.7 Å². The molecule has 1 fully saturated rings. The zero-order chi connectivity index (χ0) is 14.5. The van der Waals surface area contributed by atoms with Crippen molar-refractivity contribution in [2.24, 2.45) is 5.73 Å². The molecule has 0 radical (unpaired) electrons. The number of nitrogens with two attached hydrogens (primary N) is 1. The SMILES string of the molecule is Cc1csc(C(=O)NCCOC2CCC(N)CC2)c1Cl. The molecule has 0 saturated heterocycles. The highest BCUT2D eigenvalue weighted by molar-refractivity contribution is 7.13. The van der Waals surface area contributed by atoms with E-state index in [0.29, 0.717) is 35.2 Å². The molecule has 20 heavy (non-hydrogen) atoms. The summed E-state index contributed by atoms with van der Waals surface area (Å²) in [5.41, 5.74) is 6.79. The lowest BCUT2D eigenvalue weighted by atomic mass is 9.94. The Morgan fingerprint density at radius 3 is 2.80 bits per heavy atom.